The van der Waals surface area contributed by atoms with E-state index in [0.717, 1.165) is 29.8 Å². The van der Waals surface area contributed by atoms with Crippen molar-refractivity contribution in [1.82, 2.24) is 14.9 Å². The second-order valence-corrected chi connectivity index (χ2v) is 7.18. The van der Waals surface area contributed by atoms with Gasteiger partial charge in [-0.3, -0.25) is 9.59 Å². The van der Waals surface area contributed by atoms with Gasteiger partial charge in [-0.1, -0.05) is 0 Å². The van der Waals surface area contributed by atoms with Crippen LogP contribution >= 0.6 is 0 Å². The number of carbonyl (C=O) groups excluding carboxylic acids is 2. The molecule has 2 aromatic rings. The minimum atomic E-state index is -0.387. The average Bonchev–Trinajstić information content (AvgIpc) is 3.14. The van der Waals surface area contributed by atoms with E-state index in [2.05, 4.69) is 15.3 Å². The molecule has 1 aliphatic rings. The number of carbonyl (C=O) groups is 2. The lowest BCUT2D eigenvalue weighted by molar-refractivity contribution is -0.116. The maximum Gasteiger partial charge on any atom is 0.323 e. The van der Waals surface area contributed by atoms with E-state index in [1.54, 1.807) is 12.0 Å². The molecule has 0 bridgehead atoms. The van der Waals surface area contributed by atoms with Gasteiger partial charge in [-0.2, -0.15) is 0 Å². The van der Waals surface area contributed by atoms with E-state index in [4.69, 9.17) is 4.74 Å². The molecule has 1 saturated heterocycles. The van der Waals surface area contributed by atoms with Crippen molar-refractivity contribution in [2.24, 2.45) is 5.92 Å². The Morgan fingerprint density at radius 2 is 2.18 bits per heavy atom. The minimum Gasteiger partial charge on any atom is -0.497 e. The number of methoxy groups -OCH3 is 1. The second kappa shape index (κ2) is 8.77. The minimum absolute atomic E-state index is 0.0355. The highest BCUT2D eigenvalue weighted by Crippen LogP contribution is 2.24. The number of imidazole rings is 1. The fourth-order valence-corrected chi connectivity index (χ4v) is 3.55. The third-order valence-corrected chi connectivity index (χ3v) is 5.12. The summed E-state index contributed by atoms with van der Waals surface area (Å²) in [6, 6.07) is 5.54. The molecule has 2 amide bonds. The van der Waals surface area contributed by atoms with E-state index in [1.807, 2.05) is 25.1 Å². The number of anilines is 1. The number of ether oxygens (including phenoxy) is 1. The Labute approximate surface area is 163 Å². The first-order chi connectivity index (χ1) is 13.5. The molecule has 1 unspecified atom stereocenters. The molecule has 8 nitrogen and oxygen atoms in total. The van der Waals surface area contributed by atoms with Crippen molar-refractivity contribution in [3.63, 3.8) is 0 Å². The molecule has 1 aromatic heterocycles. The van der Waals surface area contributed by atoms with Crippen LogP contribution in [0, 0.1) is 12.8 Å². The van der Waals surface area contributed by atoms with Crippen LogP contribution in [0.4, 0.5) is 5.69 Å². The monoisotopic (exact) mass is 386 g/mol. The Balaban J connectivity index is 1.50. The van der Waals surface area contributed by atoms with Crippen molar-refractivity contribution in [2.75, 3.05) is 25.5 Å². The number of benzene rings is 1. The van der Waals surface area contributed by atoms with Crippen LogP contribution < -0.4 is 15.7 Å². The molecule has 3 N–H and O–H groups in total. The number of aromatic amines is 2. The van der Waals surface area contributed by atoms with Crippen LogP contribution in [-0.2, 0) is 4.79 Å². The van der Waals surface area contributed by atoms with Crippen molar-refractivity contribution in [3.8, 4) is 5.75 Å². The summed E-state index contributed by atoms with van der Waals surface area (Å²) in [5.74, 6) is 0.811. The average molecular weight is 386 g/mol. The summed E-state index contributed by atoms with van der Waals surface area (Å²) in [5, 5.41) is 2.94. The molecule has 1 aromatic carbocycles. The topological polar surface area (TPSA) is 107 Å². The first kappa shape index (κ1) is 19.7. The smallest absolute Gasteiger partial charge is 0.323 e. The molecule has 1 aliphatic heterocycles. The largest absolute Gasteiger partial charge is 0.497 e. The zero-order valence-corrected chi connectivity index (χ0v) is 16.2. The van der Waals surface area contributed by atoms with Gasteiger partial charge >= 0.3 is 5.69 Å². The first-order valence-electron chi connectivity index (χ1n) is 9.47. The van der Waals surface area contributed by atoms with Crippen molar-refractivity contribution in [3.05, 3.63) is 46.1 Å². The lowest BCUT2D eigenvalue weighted by Gasteiger charge is -2.32. The lowest BCUT2D eigenvalue weighted by atomic mass is 9.93. The number of amides is 2. The molecule has 0 radical (unpaired) electrons. The Kier molecular flexibility index (Phi) is 6.18. The lowest BCUT2D eigenvalue weighted by Crippen LogP contribution is -2.40. The summed E-state index contributed by atoms with van der Waals surface area (Å²) >= 11 is 0. The van der Waals surface area contributed by atoms with Gasteiger partial charge in [0.1, 0.15) is 11.4 Å². The van der Waals surface area contributed by atoms with Crippen LogP contribution in [0.15, 0.2) is 29.2 Å². The zero-order valence-electron chi connectivity index (χ0n) is 16.2. The van der Waals surface area contributed by atoms with E-state index in [1.165, 1.54) is 6.20 Å². The third kappa shape index (κ3) is 4.82. The number of likely N-dealkylation sites (tertiary alicyclic amines) is 1. The van der Waals surface area contributed by atoms with Crippen molar-refractivity contribution in [2.45, 2.75) is 32.6 Å². The van der Waals surface area contributed by atoms with E-state index in [9.17, 15) is 14.4 Å². The predicted octanol–water partition coefficient (Wildman–Crippen LogP) is 2.29. The number of aromatic nitrogens is 2. The van der Waals surface area contributed by atoms with E-state index in [-0.39, 0.29) is 29.1 Å². The number of piperidine rings is 1. The molecule has 28 heavy (non-hydrogen) atoms. The first-order valence-corrected chi connectivity index (χ1v) is 9.47. The van der Waals surface area contributed by atoms with Crippen molar-refractivity contribution < 1.29 is 14.3 Å². The molecule has 150 valence electrons. The van der Waals surface area contributed by atoms with Gasteiger partial charge in [-0.25, -0.2) is 4.79 Å². The Bertz CT molecular complexity index is 902. The number of H-pyrrole nitrogens is 2. The van der Waals surface area contributed by atoms with Crippen molar-refractivity contribution >= 4 is 17.5 Å². The highest BCUT2D eigenvalue weighted by atomic mass is 16.5. The fraction of sp³-hybridized carbons (Fsp3) is 0.450. The van der Waals surface area contributed by atoms with Crippen LogP contribution in [-0.4, -0.2) is 46.9 Å². The molecular formula is C20H26N4O4. The summed E-state index contributed by atoms with van der Waals surface area (Å²) in [6.07, 6.45) is 4.40. The van der Waals surface area contributed by atoms with Crippen LogP contribution in [0.3, 0.4) is 0 Å². The van der Waals surface area contributed by atoms with Crippen LogP contribution in [0.5, 0.6) is 5.75 Å². The zero-order chi connectivity index (χ0) is 20.1. The SMILES string of the molecule is COc1ccc(NC(=O)CCC2CCCN(C(=O)c3c[nH]c(=O)[nH]3)C2)c(C)c1. The summed E-state index contributed by atoms with van der Waals surface area (Å²) < 4.78 is 5.18. The van der Waals surface area contributed by atoms with Gasteiger partial charge in [0.05, 0.1) is 7.11 Å². The third-order valence-electron chi connectivity index (χ3n) is 5.12. The van der Waals surface area contributed by atoms with Gasteiger partial charge in [0.25, 0.3) is 5.91 Å². The molecule has 2 heterocycles. The number of hydrogen-bond donors (Lipinski definition) is 3. The van der Waals surface area contributed by atoms with E-state index in [0.29, 0.717) is 25.9 Å². The van der Waals surface area contributed by atoms with E-state index < -0.39 is 0 Å². The molecule has 3 rings (SSSR count). The number of nitrogens with one attached hydrogen (secondary N) is 3. The number of rotatable bonds is 6. The summed E-state index contributed by atoms with van der Waals surface area (Å²) in [7, 11) is 1.61. The quantitative estimate of drug-likeness (QED) is 0.708. The molecule has 8 heteroatoms. The molecule has 0 spiro atoms. The van der Waals surface area contributed by atoms with Crippen molar-refractivity contribution in [1.29, 1.82) is 0 Å². The number of nitrogens with zero attached hydrogens (tertiary/aromatic N) is 1. The van der Waals surface area contributed by atoms with Gasteiger partial charge < -0.3 is 24.9 Å². The van der Waals surface area contributed by atoms with E-state index >= 15 is 0 Å². The normalized spacial score (nSPS) is 16.6. The Hall–Kier alpha value is -3.03. The highest BCUT2D eigenvalue weighted by molar-refractivity contribution is 5.92. The molecule has 0 aliphatic carbocycles. The van der Waals surface area contributed by atoms with Gasteiger partial charge in [0.2, 0.25) is 5.91 Å². The molecule has 0 saturated carbocycles. The predicted molar refractivity (Wildman–Crippen MR) is 106 cm³/mol. The molecule has 1 fully saturated rings. The van der Waals surface area contributed by atoms with Gasteiger partial charge in [-0.15, -0.1) is 0 Å². The fourth-order valence-electron chi connectivity index (χ4n) is 3.55. The number of hydrogen-bond acceptors (Lipinski definition) is 4. The maximum atomic E-state index is 12.5. The highest BCUT2D eigenvalue weighted by Gasteiger charge is 2.25. The summed E-state index contributed by atoms with van der Waals surface area (Å²) in [5.41, 5.74) is 1.62. The van der Waals surface area contributed by atoms with Gasteiger partial charge in [0.15, 0.2) is 0 Å². The molecular weight excluding hydrogens is 360 g/mol. The van der Waals surface area contributed by atoms with Gasteiger partial charge in [-0.05, 0) is 55.9 Å². The number of aryl methyl sites for hydroxylation is 1. The second-order valence-electron chi connectivity index (χ2n) is 7.18. The van der Waals surface area contributed by atoms with Crippen LogP contribution in [0.1, 0.15) is 41.7 Å². The van der Waals surface area contributed by atoms with Crippen LogP contribution in [0.25, 0.3) is 0 Å². The maximum absolute atomic E-state index is 12.5. The summed E-state index contributed by atoms with van der Waals surface area (Å²) in [4.78, 5) is 42.7. The Morgan fingerprint density at radius 1 is 1.36 bits per heavy atom. The Morgan fingerprint density at radius 3 is 2.86 bits per heavy atom. The van der Waals surface area contributed by atoms with Crippen LogP contribution in [0.2, 0.25) is 0 Å². The summed E-state index contributed by atoms with van der Waals surface area (Å²) in [6.45, 7) is 3.19. The molecule has 1 atom stereocenters. The standard InChI is InChI=1S/C20H26N4O4/c1-13-10-15(28-2)6-7-16(13)22-18(25)8-5-14-4-3-9-24(12-14)19(26)17-11-21-20(27)23-17/h6-7,10-11,14H,3-5,8-9,12H2,1-2H3,(H,22,25)(H2,21,23,27). The van der Waals surface area contributed by atoms with Gasteiger partial charge in [0, 0.05) is 31.4 Å².